The first-order chi connectivity index (χ1) is 10.2. The second kappa shape index (κ2) is 4.73. The summed E-state index contributed by atoms with van der Waals surface area (Å²) in [5.41, 5.74) is 1.18. The molecule has 0 saturated carbocycles. The van der Waals surface area contributed by atoms with Crippen LogP contribution in [0.15, 0.2) is 28.7 Å². The lowest BCUT2D eigenvalue weighted by atomic mass is 9.99. The van der Waals surface area contributed by atoms with E-state index >= 15 is 0 Å². The Balaban J connectivity index is 1.50. The minimum atomic E-state index is -0.488. The Kier molecular flexibility index (Phi) is 2.85. The molecule has 4 rings (SSSR count). The molecule has 2 fully saturated rings. The van der Waals surface area contributed by atoms with Crippen LogP contribution in [-0.2, 0) is 9.53 Å². The Bertz CT molecular complexity index is 641. The topological polar surface area (TPSA) is 67.6 Å². The molecule has 1 aromatic heterocycles. The number of nitrogens with one attached hydrogen (secondary N) is 1. The smallest absolute Gasteiger partial charge is 0.298 e. The van der Waals surface area contributed by atoms with Gasteiger partial charge in [-0.15, -0.1) is 0 Å². The van der Waals surface area contributed by atoms with Crippen LogP contribution in [0, 0.1) is 0 Å². The zero-order valence-electron chi connectivity index (χ0n) is 11.7. The first-order valence-electron chi connectivity index (χ1n) is 7.30. The van der Waals surface area contributed by atoms with Crippen molar-refractivity contribution in [3.05, 3.63) is 24.3 Å². The minimum absolute atomic E-state index is 0.0802. The Morgan fingerprint density at radius 3 is 2.81 bits per heavy atom. The molecule has 110 valence electrons. The van der Waals surface area contributed by atoms with Crippen molar-refractivity contribution in [2.24, 2.45) is 0 Å². The number of anilines is 1. The molecule has 0 atom stereocenters. The SMILES string of the molecule is O=C1CCOC2(CCN(c3nc4ccccc4o3)CC2)N1. The third kappa shape index (κ3) is 2.25. The number of oxazole rings is 1. The lowest BCUT2D eigenvalue weighted by Crippen LogP contribution is -2.59. The Morgan fingerprint density at radius 2 is 2.05 bits per heavy atom. The van der Waals surface area contributed by atoms with E-state index in [9.17, 15) is 4.79 Å². The molecule has 3 heterocycles. The number of rotatable bonds is 1. The van der Waals surface area contributed by atoms with Gasteiger partial charge in [0.05, 0.1) is 13.0 Å². The minimum Gasteiger partial charge on any atom is -0.423 e. The number of aromatic nitrogens is 1. The number of benzene rings is 1. The molecule has 0 aliphatic carbocycles. The first-order valence-corrected chi connectivity index (χ1v) is 7.30. The van der Waals surface area contributed by atoms with Gasteiger partial charge in [0, 0.05) is 25.9 Å². The Labute approximate surface area is 122 Å². The van der Waals surface area contributed by atoms with Gasteiger partial charge in [0.1, 0.15) is 11.2 Å². The van der Waals surface area contributed by atoms with Gasteiger partial charge < -0.3 is 19.4 Å². The normalized spacial score (nSPS) is 21.7. The standard InChI is InChI=1S/C15H17N3O3/c19-13-5-10-20-15(17-13)6-8-18(9-7-15)14-16-11-3-1-2-4-12(11)21-14/h1-4H,5-10H2,(H,17,19). The molecule has 2 aromatic rings. The van der Waals surface area contributed by atoms with Crippen LogP contribution < -0.4 is 10.2 Å². The summed E-state index contributed by atoms with van der Waals surface area (Å²) in [5, 5.41) is 2.99. The molecule has 2 saturated heterocycles. The van der Waals surface area contributed by atoms with E-state index in [1.54, 1.807) is 0 Å². The van der Waals surface area contributed by atoms with E-state index in [1.165, 1.54) is 0 Å². The van der Waals surface area contributed by atoms with E-state index in [4.69, 9.17) is 9.15 Å². The number of hydrogen-bond donors (Lipinski definition) is 1. The molecule has 0 bridgehead atoms. The molecule has 1 N–H and O–H groups in total. The summed E-state index contributed by atoms with van der Waals surface area (Å²) in [6.07, 6.45) is 1.95. The van der Waals surface area contributed by atoms with Crippen molar-refractivity contribution < 1.29 is 13.9 Å². The highest BCUT2D eigenvalue weighted by atomic mass is 16.5. The first kappa shape index (κ1) is 12.6. The van der Waals surface area contributed by atoms with Gasteiger partial charge in [-0.05, 0) is 12.1 Å². The van der Waals surface area contributed by atoms with Crippen LogP contribution in [0.3, 0.4) is 0 Å². The number of piperidine rings is 1. The van der Waals surface area contributed by atoms with Crippen molar-refractivity contribution in [1.29, 1.82) is 0 Å². The molecule has 6 heteroatoms. The molecule has 1 aromatic carbocycles. The predicted molar refractivity (Wildman–Crippen MR) is 76.9 cm³/mol. The molecule has 1 amide bonds. The molecule has 0 unspecified atom stereocenters. The molecule has 2 aliphatic rings. The van der Waals surface area contributed by atoms with E-state index < -0.39 is 5.72 Å². The maximum atomic E-state index is 11.6. The van der Waals surface area contributed by atoms with Gasteiger partial charge in [0.2, 0.25) is 5.91 Å². The molecule has 0 radical (unpaired) electrons. The number of hydrogen-bond acceptors (Lipinski definition) is 5. The van der Waals surface area contributed by atoms with Crippen molar-refractivity contribution in [3.63, 3.8) is 0 Å². The number of para-hydroxylation sites is 2. The van der Waals surface area contributed by atoms with Crippen molar-refractivity contribution in [3.8, 4) is 0 Å². The van der Waals surface area contributed by atoms with Crippen LogP contribution >= 0.6 is 0 Å². The van der Waals surface area contributed by atoms with Crippen LogP contribution in [0.25, 0.3) is 11.1 Å². The monoisotopic (exact) mass is 287 g/mol. The number of carbonyl (C=O) groups excluding carboxylic acids is 1. The molecular weight excluding hydrogens is 270 g/mol. The van der Waals surface area contributed by atoms with Gasteiger partial charge >= 0.3 is 0 Å². The summed E-state index contributed by atoms with van der Waals surface area (Å²) in [6.45, 7) is 2.02. The highest BCUT2D eigenvalue weighted by molar-refractivity contribution is 5.77. The molecule has 6 nitrogen and oxygen atoms in total. The van der Waals surface area contributed by atoms with E-state index in [1.807, 2.05) is 24.3 Å². The number of fused-ring (bicyclic) bond motifs is 1. The second-order valence-corrected chi connectivity index (χ2v) is 5.59. The van der Waals surface area contributed by atoms with E-state index in [-0.39, 0.29) is 5.91 Å². The summed E-state index contributed by atoms with van der Waals surface area (Å²) in [4.78, 5) is 18.2. The maximum Gasteiger partial charge on any atom is 0.298 e. The third-order valence-electron chi connectivity index (χ3n) is 4.20. The number of nitrogens with zero attached hydrogens (tertiary/aromatic N) is 2. The zero-order chi connectivity index (χ0) is 14.3. The van der Waals surface area contributed by atoms with Crippen LogP contribution in [0.1, 0.15) is 19.3 Å². The summed E-state index contributed by atoms with van der Waals surface area (Å²) >= 11 is 0. The highest BCUT2D eigenvalue weighted by Gasteiger charge is 2.40. The third-order valence-corrected chi connectivity index (χ3v) is 4.20. The molecule has 21 heavy (non-hydrogen) atoms. The predicted octanol–water partition coefficient (Wildman–Crippen LogP) is 1.66. The van der Waals surface area contributed by atoms with E-state index in [0.717, 1.165) is 37.0 Å². The zero-order valence-corrected chi connectivity index (χ0v) is 11.7. The van der Waals surface area contributed by atoms with Crippen molar-refractivity contribution >= 4 is 23.0 Å². The fourth-order valence-electron chi connectivity index (χ4n) is 3.02. The van der Waals surface area contributed by atoms with Gasteiger partial charge in [-0.3, -0.25) is 4.79 Å². The second-order valence-electron chi connectivity index (χ2n) is 5.59. The van der Waals surface area contributed by atoms with Crippen molar-refractivity contribution in [2.75, 3.05) is 24.6 Å². The number of carbonyl (C=O) groups is 1. The van der Waals surface area contributed by atoms with Crippen LogP contribution in [-0.4, -0.2) is 36.3 Å². The van der Waals surface area contributed by atoms with Crippen LogP contribution in [0.2, 0.25) is 0 Å². The van der Waals surface area contributed by atoms with E-state index in [0.29, 0.717) is 19.0 Å². The summed E-state index contributed by atoms with van der Waals surface area (Å²) < 4.78 is 11.6. The quantitative estimate of drug-likeness (QED) is 0.864. The fraction of sp³-hybridized carbons (Fsp3) is 0.467. The van der Waals surface area contributed by atoms with Gasteiger partial charge in [0.15, 0.2) is 5.58 Å². The van der Waals surface area contributed by atoms with Gasteiger partial charge in [-0.2, -0.15) is 4.98 Å². The Hall–Kier alpha value is -2.08. The Morgan fingerprint density at radius 1 is 1.24 bits per heavy atom. The summed E-state index contributed by atoms with van der Waals surface area (Å²) in [6, 6.07) is 8.40. The van der Waals surface area contributed by atoms with Gasteiger partial charge in [-0.1, -0.05) is 12.1 Å². The van der Waals surface area contributed by atoms with Crippen LogP contribution in [0.4, 0.5) is 6.01 Å². The largest absolute Gasteiger partial charge is 0.423 e. The van der Waals surface area contributed by atoms with Gasteiger partial charge in [0.25, 0.3) is 6.01 Å². The van der Waals surface area contributed by atoms with Crippen LogP contribution in [0.5, 0.6) is 0 Å². The average Bonchev–Trinajstić information content (AvgIpc) is 2.91. The molecule has 2 aliphatic heterocycles. The van der Waals surface area contributed by atoms with E-state index in [2.05, 4.69) is 15.2 Å². The number of ether oxygens (including phenoxy) is 1. The maximum absolute atomic E-state index is 11.6. The molecular formula is C15H17N3O3. The lowest BCUT2D eigenvalue weighted by Gasteiger charge is -2.43. The fourth-order valence-corrected chi connectivity index (χ4v) is 3.02. The molecule has 1 spiro atoms. The van der Waals surface area contributed by atoms with Crippen molar-refractivity contribution in [2.45, 2.75) is 25.0 Å². The van der Waals surface area contributed by atoms with Crippen molar-refractivity contribution in [1.82, 2.24) is 10.3 Å². The number of amides is 1. The summed E-state index contributed by atoms with van der Waals surface area (Å²) in [5.74, 6) is 0.0802. The highest BCUT2D eigenvalue weighted by Crippen LogP contribution is 2.30. The average molecular weight is 287 g/mol. The lowest BCUT2D eigenvalue weighted by molar-refractivity contribution is -0.153. The summed E-state index contributed by atoms with van der Waals surface area (Å²) in [7, 11) is 0. The van der Waals surface area contributed by atoms with Gasteiger partial charge in [-0.25, -0.2) is 0 Å².